The minimum atomic E-state index is -0.465. The molecule has 5 rings (SSSR count). The monoisotopic (exact) mass is 381 g/mol. The Labute approximate surface area is 161 Å². The first-order valence-corrected chi connectivity index (χ1v) is 9.33. The van der Waals surface area contributed by atoms with E-state index in [1.165, 1.54) is 12.1 Å². The van der Waals surface area contributed by atoms with Crippen LogP contribution in [0.15, 0.2) is 47.0 Å². The second kappa shape index (κ2) is 6.31. The Morgan fingerprint density at radius 3 is 2.93 bits per heavy atom. The SMILES string of the molecule is Cc1ccc(C(=O)N2CC[C@]3(C2)Cn2c(-c4cccc(F)c4)cnc2CO3)o1. The molecule has 2 aliphatic rings. The van der Waals surface area contributed by atoms with Crippen molar-refractivity contribution in [3.05, 3.63) is 65.8 Å². The highest BCUT2D eigenvalue weighted by Crippen LogP contribution is 2.35. The zero-order valence-corrected chi connectivity index (χ0v) is 15.5. The van der Waals surface area contributed by atoms with Crippen LogP contribution in [0.5, 0.6) is 0 Å². The molecule has 1 fully saturated rings. The normalized spacial score (nSPS) is 21.3. The molecule has 6 nitrogen and oxygen atoms in total. The largest absolute Gasteiger partial charge is 0.456 e. The van der Waals surface area contributed by atoms with Gasteiger partial charge in [0.05, 0.1) is 25.0 Å². The number of furan rings is 1. The van der Waals surface area contributed by atoms with E-state index in [0.29, 0.717) is 37.8 Å². The van der Waals surface area contributed by atoms with Crippen molar-refractivity contribution in [3.8, 4) is 11.3 Å². The minimum Gasteiger partial charge on any atom is -0.456 e. The van der Waals surface area contributed by atoms with Crippen molar-refractivity contribution >= 4 is 5.91 Å². The van der Waals surface area contributed by atoms with E-state index in [0.717, 1.165) is 23.5 Å². The number of aromatic nitrogens is 2. The molecule has 0 bridgehead atoms. The smallest absolute Gasteiger partial charge is 0.289 e. The van der Waals surface area contributed by atoms with Crippen molar-refractivity contribution in [2.45, 2.75) is 32.1 Å². The molecular formula is C21H20FN3O3. The van der Waals surface area contributed by atoms with Gasteiger partial charge in [0.25, 0.3) is 5.91 Å². The van der Waals surface area contributed by atoms with Crippen LogP contribution >= 0.6 is 0 Å². The number of imidazole rings is 1. The predicted octanol–water partition coefficient (Wildman–Crippen LogP) is 3.41. The average Bonchev–Trinajstić information content (AvgIpc) is 3.40. The highest BCUT2D eigenvalue weighted by Gasteiger charge is 2.45. The van der Waals surface area contributed by atoms with Crippen LogP contribution < -0.4 is 0 Å². The van der Waals surface area contributed by atoms with Gasteiger partial charge in [-0.1, -0.05) is 12.1 Å². The van der Waals surface area contributed by atoms with Crippen LogP contribution in [0.3, 0.4) is 0 Å². The molecule has 1 saturated heterocycles. The Morgan fingerprint density at radius 2 is 2.14 bits per heavy atom. The summed E-state index contributed by atoms with van der Waals surface area (Å²) in [5, 5.41) is 0. The van der Waals surface area contributed by atoms with E-state index in [9.17, 15) is 9.18 Å². The fourth-order valence-corrected chi connectivity index (χ4v) is 4.11. The molecule has 1 amide bonds. The number of hydrogen-bond acceptors (Lipinski definition) is 4. The van der Waals surface area contributed by atoms with Gasteiger partial charge >= 0.3 is 0 Å². The molecular weight excluding hydrogens is 361 g/mol. The zero-order valence-electron chi connectivity index (χ0n) is 15.5. The first-order chi connectivity index (χ1) is 13.5. The molecule has 0 aliphatic carbocycles. The second-order valence-corrected chi connectivity index (χ2v) is 7.51. The number of rotatable bonds is 2. The van der Waals surface area contributed by atoms with E-state index < -0.39 is 5.60 Å². The van der Waals surface area contributed by atoms with Crippen LogP contribution in [0.25, 0.3) is 11.3 Å². The number of nitrogens with zero attached hydrogens (tertiary/aromatic N) is 3. The summed E-state index contributed by atoms with van der Waals surface area (Å²) in [5.41, 5.74) is 1.18. The van der Waals surface area contributed by atoms with Crippen molar-refractivity contribution in [3.63, 3.8) is 0 Å². The Morgan fingerprint density at radius 1 is 1.25 bits per heavy atom. The third-order valence-corrected chi connectivity index (χ3v) is 5.57. The number of ether oxygens (including phenoxy) is 1. The van der Waals surface area contributed by atoms with Crippen LogP contribution in [0.1, 0.15) is 28.6 Å². The van der Waals surface area contributed by atoms with Crippen LogP contribution in [-0.4, -0.2) is 39.0 Å². The number of hydrogen-bond donors (Lipinski definition) is 0. The van der Waals surface area contributed by atoms with Gasteiger partial charge in [0, 0.05) is 12.1 Å². The molecule has 2 aliphatic heterocycles. The molecule has 0 radical (unpaired) electrons. The lowest BCUT2D eigenvalue weighted by molar-refractivity contribution is -0.0805. The predicted molar refractivity (Wildman–Crippen MR) is 99.1 cm³/mol. The van der Waals surface area contributed by atoms with E-state index in [1.54, 1.807) is 29.3 Å². The summed E-state index contributed by atoms with van der Waals surface area (Å²) in [6.07, 6.45) is 2.49. The van der Waals surface area contributed by atoms with Gasteiger partial charge < -0.3 is 18.6 Å². The molecule has 1 aromatic carbocycles. The fraction of sp³-hybridized carbons (Fsp3) is 0.333. The first kappa shape index (κ1) is 17.2. The van der Waals surface area contributed by atoms with Crippen molar-refractivity contribution in [2.24, 2.45) is 0 Å². The topological polar surface area (TPSA) is 60.5 Å². The van der Waals surface area contributed by atoms with E-state index >= 15 is 0 Å². The quantitative estimate of drug-likeness (QED) is 0.683. The Balaban J connectivity index is 1.40. The maximum atomic E-state index is 13.7. The molecule has 28 heavy (non-hydrogen) atoms. The van der Waals surface area contributed by atoms with Crippen molar-refractivity contribution in [1.82, 2.24) is 14.5 Å². The van der Waals surface area contributed by atoms with Crippen LogP contribution in [0, 0.1) is 12.7 Å². The van der Waals surface area contributed by atoms with E-state index in [-0.39, 0.29) is 11.7 Å². The van der Waals surface area contributed by atoms with E-state index in [1.807, 2.05) is 13.0 Å². The zero-order chi connectivity index (χ0) is 19.3. The number of aryl methyl sites for hydroxylation is 1. The number of benzene rings is 1. The second-order valence-electron chi connectivity index (χ2n) is 7.51. The van der Waals surface area contributed by atoms with Gasteiger partial charge in [0.1, 0.15) is 29.6 Å². The lowest BCUT2D eigenvalue weighted by Crippen LogP contribution is -2.45. The maximum Gasteiger partial charge on any atom is 0.289 e. The molecule has 1 atom stereocenters. The highest BCUT2D eigenvalue weighted by atomic mass is 19.1. The van der Waals surface area contributed by atoms with Crippen molar-refractivity contribution in [1.29, 1.82) is 0 Å². The Kier molecular flexibility index (Phi) is 3.87. The van der Waals surface area contributed by atoms with Crippen LogP contribution in [0.2, 0.25) is 0 Å². The molecule has 144 valence electrons. The summed E-state index contributed by atoms with van der Waals surface area (Å²) in [7, 11) is 0. The number of amides is 1. The van der Waals surface area contributed by atoms with E-state index in [2.05, 4.69) is 9.55 Å². The third-order valence-electron chi connectivity index (χ3n) is 5.57. The lowest BCUT2D eigenvalue weighted by atomic mass is 10.0. The van der Waals surface area contributed by atoms with E-state index in [4.69, 9.17) is 9.15 Å². The molecule has 3 aromatic rings. The molecule has 7 heteroatoms. The van der Waals surface area contributed by atoms with Gasteiger partial charge in [-0.3, -0.25) is 4.79 Å². The van der Waals surface area contributed by atoms with Crippen molar-refractivity contribution in [2.75, 3.05) is 13.1 Å². The van der Waals surface area contributed by atoms with Gasteiger partial charge in [0.15, 0.2) is 5.76 Å². The Hall–Kier alpha value is -2.93. The molecule has 0 saturated carbocycles. The summed E-state index contributed by atoms with van der Waals surface area (Å²) < 4.78 is 27.4. The summed E-state index contributed by atoms with van der Waals surface area (Å²) in [6.45, 7) is 3.87. The number of carbonyl (C=O) groups excluding carboxylic acids is 1. The summed E-state index contributed by atoms with van der Waals surface area (Å²) in [4.78, 5) is 18.9. The maximum absolute atomic E-state index is 13.7. The Bertz CT molecular complexity index is 1060. The molecule has 0 N–H and O–H groups in total. The lowest BCUT2D eigenvalue weighted by Gasteiger charge is -2.35. The highest BCUT2D eigenvalue weighted by molar-refractivity contribution is 5.91. The van der Waals surface area contributed by atoms with Gasteiger partial charge in [-0.2, -0.15) is 0 Å². The number of carbonyl (C=O) groups is 1. The standard InChI is InChI=1S/C21H20FN3O3/c1-14-5-6-18(28-14)20(26)24-8-7-21(12-24)13-25-17(10-23-19(25)11-27-21)15-3-2-4-16(22)9-15/h2-6,9-10H,7-8,11-13H2,1H3/t21-/m0/s1. The van der Waals surface area contributed by atoms with Gasteiger partial charge in [0.2, 0.25) is 0 Å². The summed E-state index contributed by atoms with van der Waals surface area (Å²) in [5.74, 6) is 1.50. The fourth-order valence-electron chi connectivity index (χ4n) is 4.11. The van der Waals surface area contributed by atoms with Gasteiger partial charge in [-0.25, -0.2) is 9.37 Å². The average molecular weight is 381 g/mol. The molecule has 2 aromatic heterocycles. The number of likely N-dealkylation sites (tertiary alicyclic amines) is 1. The number of fused-ring (bicyclic) bond motifs is 1. The third kappa shape index (κ3) is 2.82. The summed E-state index contributed by atoms with van der Waals surface area (Å²) in [6, 6.07) is 10.0. The molecule has 0 unspecified atom stereocenters. The molecule has 4 heterocycles. The first-order valence-electron chi connectivity index (χ1n) is 9.33. The van der Waals surface area contributed by atoms with Crippen LogP contribution in [-0.2, 0) is 17.9 Å². The van der Waals surface area contributed by atoms with Gasteiger partial charge in [-0.15, -0.1) is 0 Å². The van der Waals surface area contributed by atoms with Gasteiger partial charge in [-0.05, 0) is 37.6 Å². The van der Waals surface area contributed by atoms with Crippen LogP contribution in [0.4, 0.5) is 4.39 Å². The van der Waals surface area contributed by atoms with Crippen molar-refractivity contribution < 1.29 is 18.3 Å². The number of halogens is 1. The summed E-state index contributed by atoms with van der Waals surface area (Å²) >= 11 is 0. The molecule has 1 spiro atoms. The minimum absolute atomic E-state index is 0.115.